The molecule has 0 aliphatic heterocycles. The number of nitrogens with one attached hydrogen (secondary N) is 2. The number of hydrazone groups is 1. The number of nitrogens with zero attached hydrogens (tertiary/aromatic N) is 4. The molecule has 0 atom stereocenters. The molecule has 0 saturated carbocycles. The molecular weight excluding hydrogens is 508 g/mol. The molecule has 0 saturated heterocycles. The normalized spacial score (nSPS) is 10.9. The van der Waals surface area contributed by atoms with E-state index in [-0.39, 0.29) is 11.7 Å². The Labute approximate surface area is 230 Å². The van der Waals surface area contributed by atoms with Crippen molar-refractivity contribution in [3.63, 3.8) is 0 Å². The minimum absolute atomic E-state index is 0.131. The number of rotatable bonds is 11. The predicted molar refractivity (Wildman–Crippen MR) is 155 cm³/mol. The van der Waals surface area contributed by atoms with Gasteiger partial charge in [-0.1, -0.05) is 78.5 Å². The van der Waals surface area contributed by atoms with Crippen molar-refractivity contribution in [2.75, 3.05) is 11.1 Å². The highest BCUT2D eigenvalue weighted by Crippen LogP contribution is 2.23. The van der Waals surface area contributed by atoms with Gasteiger partial charge >= 0.3 is 0 Å². The Morgan fingerprint density at radius 2 is 1.54 bits per heavy atom. The largest absolute Gasteiger partial charge is 0.457 e. The van der Waals surface area contributed by atoms with Gasteiger partial charge in [-0.3, -0.25) is 9.36 Å². The average molecular weight is 535 g/mol. The van der Waals surface area contributed by atoms with Crippen LogP contribution in [0.15, 0.2) is 126 Å². The van der Waals surface area contributed by atoms with Crippen molar-refractivity contribution in [3.8, 4) is 17.2 Å². The minimum Gasteiger partial charge on any atom is -0.457 e. The first-order valence-electron chi connectivity index (χ1n) is 12.3. The van der Waals surface area contributed by atoms with Crippen molar-refractivity contribution in [2.24, 2.45) is 5.10 Å². The first-order chi connectivity index (χ1) is 19.2. The highest BCUT2D eigenvalue weighted by Gasteiger charge is 2.15. The SMILES string of the molecule is O=C(CSc1nnc(CNc2ccccc2)n1-c1ccccc1)NN=Cc1cccc(Oc2ccccc2)c1. The van der Waals surface area contributed by atoms with Crippen LogP contribution in [0.3, 0.4) is 0 Å². The van der Waals surface area contributed by atoms with Gasteiger partial charge in [-0.05, 0) is 54.1 Å². The van der Waals surface area contributed by atoms with E-state index in [1.165, 1.54) is 11.8 Å². The van der Waals surface area contributed by atoms with Crippen LogP contribution in [-0.2, 0) is 11.3 Å². The number of hydrogen-bond acceptors (Lipinski definition) is 7. The van der Waals surface area contributed by atoms with Crippen LogP contribution in [0.2, 0.25) is 0 Å². The summed E-state index contributed by atoms with van der Waals surface area (Å²) in [6.45, 7) is 0.482. The zero-order chi connectivity index (χ0) is 26.7. The van der Waals surface area contributed by atoms with E-state index >= 15 is 0 Å². The number of hydrogen-bond donors (Lipinski definition) is 2. The molecule has 5 rings (SSSR count). The quantitative estimate of drug-likeness (QED) is 0.124. The molecule has 0 aliphatic carbocycles. The summed E-state index contributed by atoms with van der Waals surface area (Å²) in [6, 6.07) is 36.8. The van der Waals surface area contributed by atoms with E-state index < -0.39 is 0 Å². The molecule has 1 heterocycles. The highest BCUT2D eigenvalue weighted by molar-refractivity contribution is 7.99. The second kappa shape index (κ2) is 13.1. The molecule has 8 nitrogen and oxygen atoms in total. The maximum atomic E-state index is 12.5. The Bertz CT molecular complexity index is 1530. The summed E-state index contributed by atoms with van der Waals surface area (Å²) in [4.78, 5) is 12.5. The molecule has 0 fully saturated rings. The van der Waals surface area contributed by atoms with Gasteiger partial charge in [-0.2, -0.15) is 5.10 Å². The number of thioether (sulfide) groups is 1. The lowest BCUT2D eigenvalue weighted by Gasteiger charge is -2.11. The highest BCUT2D eigenvalue weighted by atomic mass is 32.2. The molecule has 1 amide bonds. The maximum Gasteiger partial charge on any atom is 0.250 e. The lowest BCUT2D eigenvalue weighted by molar-refractivity contribution is -0.118. The number of benzene rings is 4. The molecular formula is C30H26N6O2S. The molecule has 39 heavy (non-hydrogen) atoms. The molecule has 0 spiro atoms. The fourth-order valence-electron chi connectivity index (χ4n) is 3.71. The summed E-state index contributed by atoms with van der Waals surface area (Å²) in [6.07, 6.45) is 1.58. The molecule has 0 unspecified atom stereocenters. The number of anilines is 1. The van der Waals surface area contributed by atoms with Gasteiger partial charge in [0.25, 0.3) is 5.91 Å². The van der Waals surface area contributed by atoms with E-state index in [9.17, 15) is 4.79 Å². The Morgan fingerprint density at radius 3 is 2.31 bits per heavy atom. The van der Waals surface area contributed by atoms with Gasteiger partial charge in [0.05, 0.1) is 18.5 Å². The molecule has 0 radical (unpaired) electrons. The van der Waals surface area contributed by atoms with E-state index in [1.807, 2.05) is 120 Å². The second-order valence-corrected chi connectivity index (χ2v) is 9.30. The van der Waals surface area contributed by atoms with E-state index in [0.717, 1.165) is 28.5 Å². The molecule has 1 aromatic heterocycles. The summed E-state index contributed by atoms with van der Waals surface area (Å²) in [5.74, 6) is 2.05. The summed E-state index contributed by atoms with van der Waals surface area (Å²) in [5.41, 5.74) is 5.30. The monoisotopic (exact) mass is 534 g/mol. The van der Waals surface area contributed by atoms with E-state index in [2.05, 4.69) is 26.0 Å². The van der Waals surface area contributed by atoms with Crippen LogP contribution in [0.1, 0.15) is 11.4 Å². The maximum absolute atomic E-state index is 12.5. The Kier molecular flexibility index (Phi) is 8.63. The lowest BCUT2D eigenvalue weighted by atomic mass is 10.2. The van der Waals surface area contributed by atoms with E-state index in [4.69, 9.17) is 4.74 Å². The van der Waals surface area contributed by atoms with Crippen molar-refractivity contribution >= 4 is 29.6 Å². The number of carbonyl (C=O) groups is 1. The number of aromatic nitrogens is 3. The molecule has 4 aromatic carbocycles. The molecule has 2 N–H and O–H groups in total. The van der Waals surface area contributed by atoms with Crippen molar-refractivity contribution in [2.45, 2.75) is 11.7 Å². The van der Waals surface area contributed by atoms with E-state index in [0.29, 0.717) is 17.5 Å². The minimum atomic E-state index is -0.250. The van der Waals surface area contributed by atoms with Crippen LogP contribution in [0.5, 0.6) is 11.5 Å². The first-order valence-corrected chi connectivity index (χ1v) is 13.3. The van der Waals surface area contributed by atoms with Gasteiger partial charge in [0, 0.05) is 11.4 Å². The second-order valence-electron chi connectivity index (χ2n) is 8.36. The van der Waals surface area contributed by atoms with Gasteiger partial charge in [-0.25, -0.2) is 5.43 Å². The first kappa shape index (κ1) is 25.7. The van der Waals surface area contributed by atoms with Crippen LogP contribution < -0.4 is 15.5 Å². The Hall–Kier alpha value is -4.89. The summed E-state index contributed by atoms with van der Waals surface area (Å²) < 4.78 is 7.81. The average Bonchev–Trinajstić information content (AvgIpc) is 3.39. The van der Waals surface area contributed by atoms with Gasteiger partial charge in [0.2, 0.25) is 0 Å². The fourth-order valence-corrected chi connectivity index (χ4v) is 4.47. The Balaban J connectivity index is 1.19. The predicted octanol–water partition coefficient (Wildman–Crippen LogP) is 5.91. The standard InChI is InChI=1S/C30H26N6O2S/c37-29(34-32-20-23-11-10-18-27(19-23)38-26-16-8-3-9-17-26)22-39-30-35-33-28(21-31-24-12-4-1-5-13-24)36(30)25-14-6-2-7-15-25/h1-20,31H,21-22H2,(H,34,37). The van der Waals surface area contributed by atoms with Crippen LogP contribution in [-0.4, -0.2) is 32.6 Å². The number of amides is 1. The van der Waals surface area contributed by atoms with Crippen molar-refractivity contribution in [1.82, 2.24) is 20.2 Å². The van der Waals surface area contributed by atoms with Crippen LogP contribution >= 0.6 is 11.8 Å². The molecule has 0 bridgehead atoms. The topological polar surface area (TPSA) is 93.4 Å². The smallest absolute Gasteiger partial charge is 0.250 e. The van der Waals surface area contributed by atoms with Crippen molar-refractivity contribution in [3.05, 3.63) is 127 Å². The number of carbonyl (C=O) groups excluding carboxylic acids is 1. The molecule has 194 valence electrons. The van der Waals surface area contributed by atoms with Gasteiger partial charge in [0.15, 0.2) is 11.0 Å². The summed E-state index contributed by atoms with van der Waals surface area (Å²) >= 11 is 1.30. The Morgan fingerprint density at radius 1 is 0.846 bits per heavy atom. The zero-order valence-electron chi connectivity index (χ0n) is 21.0. The molecule has 5 aromatic rings. The van der Waals surface area contributed by atoms with E-state index in [1.54, 1.807) is 6.21 Å². The fraction of sp³-hybridized carbons (Fsp3) is 0.0667. The van der Waals surface area contributed by atoms with Crippen LogP contribution in [0, 0.1) is 0 Å². The number of ether oxygens (including phenoxy) is 1. The lowest BCUT2D eigenvalue weighted by Crippen LogP contribution is -2.20. The van der Waals surface area contributed by atoms with Gasteiger partial charge in [0.1, 0.15) is 11.5 Å². The summed E-state index contributed by atoms with van der Waals surface area (Å²) in [7, 11) is 0. The van der Waals surface area contributed by atoms with Crippen molar-refractivity contribution < 1.29 is 9.53 Å². The summed E-state index contributed by atoms with van der Waals surface area (Å²) in [5, 5.41) is 16.8. The zero-order valence-corrected chi connectivity index (χ0v) is 21.8. The molecule has 9 heteroatoms. The third kappa shape index (κ3) is 7.33. The third-order valence-electron chi connectivity index (χ3n) is 5.51. The van der Waals surface area contributed by atoms with Crippen molar-refractivity contribution in [1.29, 1.82) is 0 Å². The van der Waals surface area contributed by atoms with Crippen LogP contribution in [0.4, 0.5) is 5.69 Å². The third-order valence-corrected chi connectivity index (χ3v) is 6.44. The van der Waals surface area contributed by atoms with Gasteiger partial charge < -0.3 is 10.1 Å². The number of para-hydroxylation sites is 3. The van der Waals surface area contributed by atoms with Crippen LogP contribution in [0.25, 0.3) is 5.69 Å². The molecule has 0 aliphatic rings. The van der Waals surface area contributed by atoms with Gasteiger partial charge in [-0.15, -0.1) is 10.2 Å².